The first kappa shape index (κ1) is 17.8. The maximum absolute atomic E-state index is 9.81. The number of rotatable bonds is 12. The van der Waals surface area contributed by atoms with Crippen LogP contribution in [0.2, 0.25) is 0 Å². The van der Waals surface area contributed by atoms with Crippen molar-refractivity contribution >= 4 is 0 Å². The van der Waals surface area contributed by atoms with Crippen molar-refractivity contribution in [1.82, 2.24) is 15.1 Å². The minimum atomic E-state index is -0.299. The molecule has 2 N–H and O–H groups in total. The Morgan fingerprint density at radius 2 is 1.83 bits per heavy atom. The molecule has 0 aliphatic heterocycles. The third-order valence-electron chi connectivity index (χ3n) is 2.85. The lowest BCUT2D eigenvalue weighted by molar-refractivity contribution is 0.102. The van der Waals surface area contributed by atoms with E-state index in [-0.39, 0.29) is 6.10 Å². The van der Waals surface area contributed by atoms with Gasteiger partial charge in [0, 0.05) is 26.2 Å². The lowest BCUT2D eigenvalue weighted by atomic mass is 10.3. The SMILES string of the molecule is CCN(CC)CC(O)CNCCOCCN(C)C. The number of nitrogens with zero attached hydrogens (tertiary/aromatic N) is 2. The summed E-state index contributed by atoms with van der Waals surface area (Å²) in [6.07, 6.45) is -0.299. The van der Waals surface area contributed by atoms with Crippen LogP contribution in [0.5, 0.6) is 0 Å². The molecule has 110 valence electrons. The van der Waals surface area contributed by atoms with Gasteiger partial charge in [-0.15, -0.1) is 0 Å². The second-order valence-corrected chi connectivity index (χ2v) is 4.76. The number of likely N-dealkylation sites (N-methyl/N-ethyl adjacent to an activating group) is 2. The molecule has 0 fully saturated rings. The van der Waals surface area contributed by atoms with E-state index in [4.69, 9.17) is 4.74 Å². The van der Waals surface area contributed by atoms with Crippen LogP contribution in [0.15, 0.2) is 0 Å². The minimum Gasteiger partial charge on any atom is -0.390 e. The Bertz CT molecular complexity index is 176. The van der Waals surface area contributed by atoms with Gasteiger partial charge in [-0.3, -0.25) is 0 Å². The first-order valence-corrected chi connectivity index (χ1v) is 6.93. The van der Waals surface area contributed by atoms with E-state index < -0.39 is 0 Å². The normalized spacial score (nSPS) is 13.5. The molecule has 5 nitrogen and oxygen atoms in total. The van der Waals surface area contributed by atoms with Crippen LogP contribution in [0, 0.1) is 0 Å². The molecular formula is C13H31N3O2. The Balaban J connectivity index is 3.32. The largest absolute Gasteiger partial charge is 0.390 e. The molecule has 0 spiro atoms. The summed E-state index contributed by atoms with van der Waals surface area (Å²) in [6, 6.07) is 0. The van der Waals surface area contributed by atoms with Gasteiger partial charge in [-0.1, -0.05) is 13.8 Å². The smallest absolute Gasteiger partial charge is 0.0791 e. The molecule has 18 heavy (non-hydrogen) atoms. The number of hydrogen-bond donors (Lipinski definition) is 2. The lowest BCUT2D eigenvalue weighted by Crippen LogP contribution is -2.39. The summed E-state index contributed by atoms with van der Waals surface area (Å²) in [4.78, 5) is 4.32. The highest BCUT2D eigenvalue weighted by Crippen LogP contribution is 1.90. The quantitative estimate of drug-likeness (QED) is 0.479. The fraction of sp³-hybridized carbons (Fsp3) is 1.00. The Morgan fingerprint density at radius 1 is 1.17 bits per heavy atom. The van der Waals surface area contributed by atoms with Crippen LogP contribution in [0.1, 0.15) is 13.8 Å². The van der Waals surface area contributed by atoms with Crippen LogP contribution >= 0.6 is 0 Å². The van der Waals surface area contributed by atoms with Gasteiger partial charge in [0.1, 0.15) is 0 Å². The van der Waals surface area contributed by atoms with Crippen molar-refractivity contribution in [1.29, 1.82) is 0 Å². The molecule has 1 unspecified atom stereocenters. The maximum atomic E-state index is 9.81. The molecule has 5 heteroatoms. The average molecular weight is 261 g/mol. The zero-order chi connectivity index (χ0) is 13.8. The fourth-order valence-corrected chi connectivity index (χ4v) is 1.61. The second kappa shape index (κ2) is 11.9. The zero-order valence-corrected chi connectivity index (χ0v) is 12.5. The summed E-state index contributed by atoms with van der Waals surface area (Å²) in [5.41, 5.74) is 0. The van der Waals surface area contributed by atoms with Crippen LogP contribution in [-0.4, -0.2) is 87.6 Å². The van der Waals surface area contributed by atoms with Crippen molar-refractivity contribution in [2.45, 2.75) is 20.0 Å². The van der Waals surface area contributed by atoms with Gasteiger partial charge in [0.05, 0.1) is 19.3 Å². The molecule has 0 aliphatic rings. The average Bonchev–Trinajstić information content (AvgIpc) is 2.34. The van der Waals surface area contributed by atoms with Crippen molar-refractivity contribution in [3.63, 3.8) is 0 Å². The van der Waals surface area contributed by atoms with Crippen LogP contribution < -0.4 is 5.32 Å². The molecule has 0 saturated carbocycles. The molecule has 0 aromatic heterocycles. The number of nitrogens with one attached hydrogen (secondary N) is 1. The predicted molar refractivity (Wildman–Crippen MR) is 76.0 cm³/mol. The van der Waals surface area contributed by atoms with Gasteiger partial charge in [-0.05, 0) is 27.2 Å². The highest BCUT2D eigenvalue weighted by Gasteiger charge is 2.07. The summed E-state index contributed by atoms with van der Waals surface area (Å²) < 4.78 is 5.45. The summed E-state index contributed by atoms with van der Waals surface area (Å²) >= 11 is 0. The van der Waals surface area contributed by atoms with Crippen LogP contribution in [0.3, 0.4) is 0 Å². The van der Waals surface area contributed by atoms with E-state index in [1.54, 1.807) is 0 Å². The van der Waals surface area contributed by atoms with Gasteiger partial charge in [0.2, 0.25) is 0 Å². The lowest BCUT2D eigenvalue weighted by Gasteiger charge is -2.22. The monoisotopic (exact) mass is 261 g/mol. The van der Waals surface area contributed by atoms with E-state index >= 15 is 0 Å². The second-order valence-electron chi connectivity index (χ2n) is 4.76. The van der Waals surface area contributed by atoms with Crippen molar-refractivity contribution in [2.75, 3.05) is 66.6 Å². The number of hydrogen-bond acceptors (Lipinski definition) is 5. The predicted octanol–water partition coefficient (Wildman–Crippen LogP) is -0.143. The Labute approximate surface area is 112 Å². The highest BCUT2D eigenvalue weighted by molar-refractivity contribution is 4.64. The molecule has 0 radical (unpaired) electrons. The van der Waals surface area contributed by atoms with Gasteiger partial charge in [0.15, 0.2) is 0 Å². The Hall–Kier alpha value is -0.200. The van der Waals surface area contributed by atoms with Gasteiger partial charge < -0.3 is 25.0 Å². The third kappa shape index (κ3) is 10.9. The Kier molecular flexibility index (Phi) is 11.7. The number of aliphatic hydroxyl groups excluding tert-OH is 1. The number of ether oxygens (including phenoxy) is 1. The molecule has 0 saturated heterocycles. The van der Waals surface area contributed by atoms with Crippen molar-refractivity contribution in [3.8, 4) is 0 Å². The van der Waals surface area contributed by atoms with Crippen LogP contribution in [-0.2, 0) is 4.74 Å². The molecule has 0 heterocycles. The molecule has 0 aromatic carbocycles. The summed E-state index contributed by atoms with van der Waals surface area (Å²) in [5.74, 6) is 0. The molecule has 0 amide bonds. The molecule has 1 atom stereocenters. The molecule has 0 bridgehead atoms. The van der Waals surface area contributed by atoms with E-state index in [1.807, 2.05) is 14.1 Å². The van der Waals surface area contributed by atoms with Crippen LogP contribution in [0.4, 0.5) is 0 Å². The first-order chi connectivity index (χ1) is 8.60. The van der Waals surface area contributed by atoms with E-state index in [9.17, 15) is 5.11 Å². The van der Waals surface area contributed by atoms with Crippen LogP contribution in [0.25, 0.3) is 0 Å². The maximum Gasteiger partial charge on any atom is 0.0791 e. The van der Waals surface area contributed by atoms with Crippen molar-refractivity contribution in [2.24, 2.45) is 0 Å². The van der Waals surface area contributed by atoms with Crippen molar-refractivity contribution in [3.05, 3.63) is 0 Å². The third-order valence-corrected chi connectivity index (χ3v) is 2.85. The zero-order valence-electron chi connectivity index (χ0n) is 12.5. The summed E-state index contributed by atoms with van der Waals surface area (Å²) in [6.45, 7) is 10.8. The molecule has 0 rings (SSSR count). The van der Waals surface area contributed by atoms with E-state index in [0.717, 1.165) is 39.3 Å². The van der Waals surface area contributed by atoms with E-state index in [0.29, 0.717) is 13.2 Å². The fourth-order valence-electron chi connectivity index (χ4n) is 1.61. The first-order valence-electron chi connectivity index (χ1n) is 6.93. The van der Waals surface area contributed by atoms with E-state index in [1.165, 1.54) is 0 Å². The van der Waals surface area contributed by atoms with E-state index in [2.05, 4.69) is 29.0 Å². The highest BCUT2D eigenvalue weighted by atomic mass is 16.5. The summed E-state index contributed by atoms with van der Waals surface area (Å²) in [5, 5.41) is 13.0. The van der Waals surface area contributed by atoms with Gasteiger partial charge >= 0.3 is 0 Å². The number of aliphatic hydroxyl groups is 1. The van der Waals surface area contributed by atoms with Gasteiger partial charge in [0.25, 0.3) is 0 Å². The Morgan fingerprint density at radius 3 is 2.39 bits per heavy atom. The minimum absolute atomic E-state index is 0.299. The molecule has 0 aliphatic carbocycles. The van der Waals surface area contributed by atoms with Gasteiger partial charge in [-0.2, -0.15) is 0 Å². The van der Waals surface area contributed by atoms with Crippen molar-refractivity contribution < 1.29 is 9.84 Å². The topological polar surface area (TPSA) is 48.0 Å². The standard InChI is InChI=1S/C13H31N3O2/c1-5-16(6-2)12-13(17)11-14-7-9-18-10-8-15(3)4/h13-14,17H,5-12H2,1-4H3. The van der Waals surface area contributed by atoms with Gasteiger partial charge in [-0.25, -0.2) is 0 Å². The molecular weight excluding hydrogens is 230 g/mol. The summed E-state index contributed by atoms with van der Waals surface area (Å²) in [7, 11) is 4.07. The molecule has 0 aromatic rings.